The lowest BCUT2D eigenvalue weighted by Gasteiger charge is -2.03. The number of thioether (sulfide) groups is 1. The molecule has 0 fully saturated rings. The second-order valence-electron chi connectivity index (χ2n) is 2.64. The molecule has 4 heteroatoms. The van der Waals surface area contributed by atoms with Crippen molar-refractivity contribution in [2.24, 2.45) is 0 Å². The summed E-state index contributed by atoms with van der Waals surface area (Å²) < 4.78 is 1.15. The summed E-state index contributed by atoms with van der Waals surface area (Å²) in [6.45, 7) is 0. The first-order chi connectivity index (χ1) is 6.24. The molecule has 0 aliphatic carbocycles. The third kappa shape index (κ3) is 1.41. The molecule has 1 aromatic heterocycles. The summed E-state index contributed by atoms with van der Waals surface area (Å²) in [4.78, 5) is 1.09. The zero-order chi connectivity index (χ0) is 9.42. The smallest absolute Gasteiger partial charge is 0.0612 e. The summed E-state index contributed by atoms with van der Waals surface area (Å²) in [5.74, 6) is 0. The Bertz CT molecular complexity index is 450. The van der Waals surface area contributed by atoms with Gasteiger partial charge in [-0.3, -0.25) is 0 Å². The predicted molar refractivity (Wildman–Crippen MR) is 63.0 cm³/mol. The SMILES string of the molecule is CSc1ccc2scc(Cl)c2c1N. The molecule has 2 rings (SSSR count). The van der Waals surface area contributed by atoms with Gasteiger partial charge in [-0.2, -0.15) is 0 Å². The number of thiophene rings is 1. The third-order valence-electron chi connectivity index (χ3n) is 1.92. The number of halogens is 1. The van der Waals surface area contributed by atoms with E-state index in [4.69, 9.17) is 17.3 Å². The van der Waals surface area contributed by atoms with Crippen LogP contribution in [-0.4, -0.2) is 6.26 Å². The Morgan fingerprint density at radius 2 is 2.23 bits per heavy atom. The number of hydrogen-bond donors (Lipinski definition) is 1. The molecule has 0 aliphatic heterocycles. The van der Waals surface area contributed by atoms with E-state index >= 15 is 0 Å². The van der Waals surface area contributed by atoms with Crippen molar-refractivity contribution in [3.05, 3.63) is 22.5 Å². The molecule has 13 heavy (non-hydrogen) atoms. The summed E-state index contributed by atoms with van der Waals surface area (Å²) in [7, 11) is 0. The Morgan fingerprint density at radius 1 is 1.46 bits per heavy atom. The van der Waals surface area contributed by atoms with E-state index < -0.39 is 0 Å². The normalized spacial score (nSPS) is 10.9. The van der Waals surface area contributed by atoms with E-state index in [1.807, 2.05) is 17.7 Å². The summed E-state index contributed by atoms with van der Waals surface area (Å²) in [6.07, 6.45) is 2.01. The van der Waals surface area contributed by atoms with Gasteiger partial charge in [0, 0.05) is 20.4 Å². The highest BCUT2D eigenvalue weighted by Crippen LogP contribution is 2.38. The van der Waals surface area contributed by atoms with Crippen LogP contribution < -0.4 is 5.73 Å². The van der Waals surface area contributed by atoms with Gasteiger partial charge in [0.2, 0.25) is 0 Å². The number of hydrogen-bond acceptors (Lipinski definition) is 3. The molecule has 2 aromatic rings. The van der Waals surface area contributed by atoms with Crippen molar-refractivity contribution in [1.82, 2.24) is 0 Å². The van der Waals surface area contributed by atoms with Gasteiger partial charge in [0.05, 0.1) is 10.7 Å². The summed E-state index contributed by atoms with van der Waals surface area (Å²) in [5.41, 5.74) is 6.78. The van der Waals surface area contributed by atoms with E-state index in [-0.39, 0.29) is 0 Å². The molecule has 0 saturated heterocycles. The minimum absolute atomic E-state index is 0.758. The van der Waals surface area contributed by atoms with Gasteiger partial charge >= 0.3 is 0 Å². The van der Waals surface area contributed by atoms with E-state index in [0.29, 0.717) is 0 Å². The molecule has 1 aromatic carbocycles. The van der Waals surface area contributed by atoms with Gasteiger partial charge < -0.3 is 5.73 Å². The average Bonchev–Trinajstić information content (AvgIpc) is 2.49. The van der Waals surface area contributed by atoms with Gasteiger partial charge in [0.25, 0.3) is 0 Å². The molecule has 68 valence electrons. The van der Waals surface area contributed by atoms with Crippen molar-refractivity contribution in [1.29, 1.82) is 0 Å². The molecule has 2 N–H and O–H groups in total. The predicted octanol–water partition coefficient (Wildman–Crippen LogP) is 3.86. The fourth-order valence-corrected chi connectivity index (χ4v) is 3.03. The molecular weight excluding hydrogens is 222 g/mol. The molecule has 1 nitrogen and oxygen atoms in total. The number of nitrogens with two attached hydrogens (primary N) is 1. The van der Waals surface area contributed by atoms with Gasteiger partial charge in [-0.1, -0.05) is 11.6 Å². The average molecular weight is 230 g/mol. The van der Waals surface area contributed by atoms with Crippen molar-refractivity contribution in [2.45, 2.75) is 4.90 Å². The van der Waals surface area contributed by atoms with Crippen LogP contribution in [-0.2, 0) is 0 Å². The van der Waals surface area contributed by atoms with Crippen LogP contribution in [0.25, 0.3) is 10.1 Å². The highest BCUT2D eigenvalue weighted by molar-refractivity contribution is 7.98. The second-order valence-corrected chi connectivity index (χ2v) is 4.80. The van der Waals surface area contributed by atoms with Crippen LogP contribution in [0.4, 0.5) is 5.69 Å². The first-order valence-electron chi connectivity index (χ1n) is 3.73. The van der Waals surface area contributed by atoms with Crippen LogP contribution in [0.5, 0.6) is 0 Å². The van der Waals surface area contributed by atoms with E-state index in [9.17, 15) is 0 Å². The maximum absolute atomic E-state index is 6.03. The van der Waals surface area contributed by atoms with Crippen LogP contribution in [0.1, 0.15) is 0 Å². The van der Waals surface area contributed by atoms with Crippen molar-refractivity contribution in [2.75, 3.05) is 12.0 Å². The highest BCUT2D eigenvalue weighted by Gasteiger charge is 2.08. The minimum atomic E-state index is 0.758. The first-order valence-corrected chi connectivity index (χ1v) is 6.21. The van der Waals surface area contributed by atoms with E-state index in [0.717, 1.165) is 25.7 Å². The van der Waals surface area contributed by atoms with E-state index in [1.54, 1.807) is 23.1 Å². The largest absolute Gasteiger partial charge is 0.397 e. The standard InChI is InChI=1S/C9H8ClNS2/c1-12-7-3-2-6-8(9(7)11)5(10)4-13-6/h2-4H,11H2,1H3. The molecule has 0 spiro atoms. The van der Waals surface area contributed by atoms with Crippen LogP contribution in [0.3, 0.4) is 0 Å². The number of nitrogen functional groups attached to an aromatic ring is 1. The van der Waals surface area contributed by atoms with Crippen LogP contribution in [0.2, 0.25) is 5.02 Å². The summed E-state index contributed by atoms with van der Waals surface area (Å²) in [6, 6.07) is 4.10. The van der Waals surface area contributed by atoms with Crippen molar-refractivity contribution < 1.29 is 0 Å². The summed E-state index contributed by atoms with van der Waals surface area (Å²) in [5, 5.41) is 3.68. The topological polar surface area (TPSA) is 26.0 Å². The van der Waals surface area contributed by atoms with Gasteiger partial charge in [0.1, 0.15) is 0 Å². The quantitative estimate of drug-likeness (QED) is 0.594. The molecule has 0 atom stereocenters. The molecule has 0 radical (unpaired) electrons. The van der Waals surface area contributed by atoms with Gasteiger partial charge in [-0.05, 0) is 18.4 Å². The maximum Gasteiger partial charge on any atom is 0.0612 e. The Labute approximate surface area is 89.9 Å². The van der Waals surface area contributed by atoms with Crippen molar-refractivity contribution in [3.63, 3.8) is 0 Å². The molecule has 0 amide bonds. The lowest BCUT2D eigenvalue weighted by atomic mass is 10.2. The van der Waals surface area contributed by atoms with Crippen LogP contribution in [0, 0.1) is 0 Å². The molecule has 0 bridgehead atoms. The number of fused-ring (bicyclic) bond motifs is 1. The van der Waals surface area contributed by atoms with E-state index in [1.165, 1.54) is 0 Å². The second kappa shape index (κ2) is 3.40. The van der Waals surface area contributed by atoms with Crippen molar-refractivity contribution >= 4 is 50.5 Å². The first kappa shape index (κ1) is 9.19. The zero-order valence-electron chi connectivity index (χ0n) is 7.00. The Balaban J connectivity index is 2.83. The van der Waals surface area contributed by atoms with Crippen molar-refractivity contribution in [3.8, 4) is 0 Å². The minimum Gasteiger partial charge on any atom is -0.397 e. The fourth-order valence-electron chi connectivity index (χ4n) is 1.28. The number of rotatable bonds is 1. The van der Waals surface area contributed by atoms with E-state index in [2.05, 4.69) is 6.07 Å². The lowest BCUT2D eigenvalue weighted by Crippen LogP contribution is -1.88. The molecule has 0 unspecified atom stereocenters. The van der Waals surface area contributed by atoms with Crippen LogP contribution >= 0.6 is 34.7 Å². The highest BCUT2D eigenvalue weighted by atomic mass is 35.5. The van der Waals surface area contributed by atoms with Gasteiger partial charge in [-0.25, -0.2) is 0 Å². The monoisotopic (exact) mass is 229 g/mol. The molecule has 0 aliphatic rings. The summed E-state index contributed by atoms with van der Waals surface area (Å²) >= 11 is 9.30. The molecule has 1 heterocycles. The lowest BCUT2D eigenvalue weighted by molar-refractivity contribution is 1.52. The maximum atomic E-state index is 6.03. The Hall–Kier alpha value is -0.380. The van der Waals surface area contributed by atoms with Gasteiger partial charge in [0.15, 0.2) is 0 Å². The Kier molecular flexibility index (Phi) is 2.41. The zero-order valence-corrected chi connectivity index (χ0v) is 9.39. The Morgan fingerprint density at radius 3 is 2.92 bits per heavy atom. The number of benzene rings is 1. The van der Waals surface area contributed by atoms with Gasteiger partial charge in [-0.15, -0.1) is 23.1 Å². The fraction of sp³-hybridized carbons (Fsp3) is 0.111. The van der Waals surface area contributed by atoms with Crippen LogP contribution in [0.15, 0.2) is 22.4 Å². The third-order valence-corrected chi connectivity index (χ3v) is 4.09. The molecule has 0 saturated carbocycles. The molecular formula is C9H8ClNS2. The number of anilines is 1.